The van der Waals surface area contributed by atoms with E-state index in [2.05, 4.69) is 0 Å². The zero-order valence-electron chi connectivity index (χ0n) is 1.92. The lowest BCUT2D eigenvalue weighted by Crippen LogP contribution is -2.07. The minimum absolute atomic E-state index is 0. The molecular weight excluding hydrogens is 107 g/mol. The predicted octanol–water partition coefficient (Wildman–Crippen LogP) is -3.88. The van der Waals surface area contributed by atoms with Gasteiger partial charge in [-0.3, -0.25) is 0 Å². The molecule has 6 heavy (non-hydrogen) atoms. The summed E-state index contributed by atoms with van der Waals surface area (Å²) in [5, 5.41) is 21.5. The first-order chi connectivity index (χ1) is 1.73. The van der Waals surface area contributed by atoms with Crippen molar-refractivity contribution in [1.29, 1.82) is 0 Å². The van der Waals surface area contributed by atoms with Crippen molar-refractivity contribution >= 4 is 53.4 Å². The lowest BCUT2D eigenvalue weighted by Gasteiger charge is -1.69. The standard InChI is InChI=1S/BH3O3.2Mg.4H/c2-1(3)4;;;;;;/h2-4H;;;;;;. The van der Waals surface area contributed by atoms with Gasteiger partial charge in [0.25, 0.3) is 0 Å². The molecule has 0 aliphatic heterocycles. The quantitative estimate of drug-likeness (QED) is 0.282. The van der Waals surface area contributed by atoms with Crippen LogP contribution < -0.4 is 0 Å². The molecule has 0 radical (unpaired) electrons. The van der Waals surface area contributed by atoms with Crippen LogP contribution in [0.5, 0.6) is 0 Å². The van der Waals surface area contributed by atoms with Crippen molar-refractivity contribution in [2.45, 2.75) is 0 Å². The molecule has 0 spiro atoms. The van der Waals surface area contributed by atoms with Crippen molar-refractivity contribution in [3.05, 3.63) is 0 Å². The first-order valence-corrected chi connectivity index (χ1v) is 0.775. The third kappa shape index (κ3) is 50.3. The summed E-state index contributed by atoms with van der Waals surface area (Å²) < 4.78 is 0. The molecule has 0 aliphatic rings. The molecule has 32 valence electrons. The van der Waals surface area contributed by atoms with Crippen molar-refractivity contribution in [2.24, 2.45) is 0 Å². The van der Waals surface area contributed by atoms with Crippen molar-refractivity contribution in [2.75, 3.05) is 0 Å². The predicted molar refractivity (Wildman–Crippen MR) is 29.5 cm³/mol. The second-order valence-corrected chi connectivity index (χ2v) is 0.346. The summed E-state index contributed by atoms with van der Waals surface area (Å²) in [6.07, 6.45) is 0. The van der Waals surface area contributed by atoms with Gasteiger partial charge in [0.2, 0.25) is 0 Å². The van der Waals surface area contributed by atoms with Crippen LogP contribution in [0, 0.1) is 0 Å². The van der Waals surface area contributed by atoms with Gasteiger partial charge in [-0.05, 0) is 0 Å². The summed E-state index contributed by atoms with van der Waals surface area (Å²) in [7, 11) is -2.17. The highest BCUT2D eigenvalue weighted by Gasteiger charge is 1.92. The van der Waals surface area contributed by atoms with E-state index < -0.39 is 7.32 Å². The summed E-state index contributed by atoms with van der Waals surface area (Å²) in [6, 6.07) is 0. The van der Waals surface area contributed by atoms with E-state index in [1.165, 1.54) is 0 Å². The van der Waals surface area contributed by atoms with Gasteiger partial charge in [0, 0.05) is 0 Å². The lowest BCUT2D eigenvalue weighted by molar-refractivity contribution is 0.278. The average molecular weight is 114 g/mol. The van der Waals surface area contributed by atoms with Gasteiger partial charge in [-0.2, -0.15) is 0 Å². The minimum atomic E-state index is -2.17. The maximum absolute atomic E-state index is 7.17. The Hall–Kier alpha value is 1.48. The van der Waals surface area contributed by atoms with E-state index >= 15 is 0 Å². The molecule has 0 aromatic carbocycles. The molecule has 0 aromatic rings. The second kappa shape index (κ2) is 9.69. The van der Waals surface area contributed by atoms with Gasteiger partial charge in [0.1, 0.15) is 0 Å². The van der Waals surface area contributed by atoms with Gasteiger partial charge >= 0.3 is 53.4 Å². The highest BCUT2D eigenvalue weighted by molar-refractivity contribution is 6.30. The Labute approximate surface area is 68.2 Å². The molecule has 0 saturated heterocycles. The third-order valence-electron chi connectivity index (χ3n) is 0. The molecule has 0 aromatic heterocycles. The molecule has 0 rings (SSSR count). The number of hydrogen-bond donors (Lipinski definition) is 3. The largest absolute Gasteiger partial charge is 0.631 e. The molecule has 3 N–H and O–H groups in total. The van der Waals surface area contributed by atoms with Gasteiger partial charge < -0.3 is 15.1 Å². The monoisotopic (exact) mass is 114 g/mol. The number of rotatable bonds is 0. The molecular formula is H7BMg2O3. The van der Waals surface area contributed by atoms with Gasteiger partial charge in [0.15, 0.2) is 0 Å². The van der Waals surface area contributed by atoms with Gasteiger partial charge in [-0.25, -0.2) is 0 Å². The van der Waals surface area contributed by atoms with Crippen LogP contribution in [0.15, 0.2) is 0 Å². The van der Waals surface area contributed by atoms with Crippen molar-refractivity contribution in [3.8, 4) is 0 Å². The molecule has 0 saturated carbocycles. The fourth-order valence-corrected chi connectivity index (χ4v) is 0. The van der Waals surface area contributed by atoms with E-state index in [9.17, 15) is 0 Å². The van der Waals surface area contributed by atoms with Gasteiger partial charge in [-0.1, -0.05) is 0 Å². The lowest BCUT2D eigenvalue weighted by atomic mass is 10.3. The SMILES string of the molecule is OB(O)O.[MgH2].[MgH2]. The van der Waals surface area contributed by atoms with E-state index in [0.717, 1.165) is 0 Å². The van der Waals surface area contributed by atoms with Crippen molar-refractivity contribution < 1.29 is 15.1 Å². The topological polar surface area (TPSA) is 60.7 Å². The minimum Gasteiger partial charge on any atom is -0.402 e. The maximum atomic E-state index is 7.17. The third-order valence-corrected chi connectivity index (χ3v) is 0. The Kier molecular flexibility index (Phi) is 25.3. The zero-order valence-corrected chi connectivity index (χ0v) is 1.92. The molecule has 0 amide bonds. The molecule has 0 heterocycles. The van der Waals surface area contributed by atoms with Crippen LogP contribution in [-0.2, 0) is 0 Å². The van der Waals surface area contributed by atoms with Crippen LogP contribution >= 0.6 is 0 Å². The Morgan fingerprint density at radius 3 is 0.833 bits per heavy atom. The summed E-state index contributed by atoms with van der Waals surface area (Å²) in [6.45, 7) is 0. The van der Waals surface area contributed by atoms with Crippen molar-refractivity contribution in [3.63, 3.8) is 0 Å². The average Bonchev–Trinajstić information content (AvgIpc) is 0.811. The van der Waals surface area contributed by atoms with Crippen LogP contribution in [0.1, 0.15) is 0 Å². The highest BCUT2D eigenvalue weighted by atomic mass is 24.3. The fraction of sp³-hybridized carbons (Fsp3) is 0. The Morgan fingerprint density at radius 2 is 0.833 bits per heavy atom. The van der Waals surface area contributed by atoms with Crippen LogP contribution in [0.2, 0.25) is 0 Å². The summed E-state index contributed by atoms with van der Waals surface area (Å²) >= 11 is 0. The van der Waals surface area contributed by atoms with E-state index in [1.807, 2.05) is 0 Å². The van der Waals surface area contributed by atoms with Gasteiger partial charge in [-0.15, -0.1) is 0 Å². The van der Waals surface area contributed by atoms with E-state index in [0.29, 0.717) is 0 Å². The molecule has 0 bridgehead atoms. The van der Waals surface area contributed by atoms with Crippen LogP contribution in [0.25, 0.3) is 0 Å². The molecule has 6 heteroatoms. The van der Waals surface area contributed by atoms with Gasteiger partial charge in [0.05, 0.1) is 0 Å². The number of hydrogen-bond acceptors (Lipinski definition) is 3. The first kappa shape index (κ1) is 15.6. The highest BCUT2D eigenvalue weighted by Crippen LogP contribution is 1.40. The zero-order chi connectivity index (χ0) is 3.58. The molecule has 0 aliphatic carbocycles. The molecule has 0 fully saturated rings. The summed E-state index contributed by atoms with van der Waals surface area (Å²) in [5.74, 6) is 0. The fourth-order valence-electron chi connectivity index (χ4n) is 0. The molecule has 3 nitrogen and oxygen atoms in total. The van der Waals surface area contributed by atoms with E-state index in [-0.39, 0.29) is 46.1 Å². The van der Waals surface area contributed by atoms with E-state index in [1.54, 1.807) is 0 Å². The second-order valence-electron chi connectivity index (χ2n) is 0.346. The summed E-state index contributed by atoms with van der Waals surface area (Å²) in [4.78, 5) is 0. The summed E-state index contributed by atoms with van der Waals surface area (Å²) in [5.41, 5.74) is 0. The maximum Gasteiger partial charge on any atom is 0.631 e. The van der Waals surface area contributed by atoms with Crippen LogP contribution in [0.3, 0.4) is 0 Å². The Morgan fingerprint density at radius 1 is 0.833 bits per heavy atom. The van der Waals surface area contributed by atoms with Crippen molar-refractivity contribution in [1.82, 2.24) is 0 Å². The Bertz CT molecular complexity index is 13.5. The van der Waals surface area contributed by atoms with E-state index in [4.69, 9.17) is 15.1 Å². The van der Waals surface area contributed by atoms with Crippen LogP contribution in [-0.4, -0.2) is 68.5 Å². The first-order valence-electron chi connectivity index (χ1n) is 0.775. The van der Waals surface area contributed by atoms with Crippen LogP contribution in [0.4, 0.5) is 0 Å². The molecule has 0 atom stereocenters. The smallest absolute Gasteiger partial charge is 0.402 e. The Balaban J connectivity index is -0.0000000450. The molecule has 0 unspecified atom stereocenters. The normalized spacial score (nSPS) is 4.50.